The van der Waals surface area contributed by atoms with E-state index < -0.39 is 14.1 Å². The van der Waals surface area contributed by atoms with Crippen LogP contribution in [0.5, 0.6) is 0 Å². The van der Waals surface area contributed by atoms with Gasteiger partial charge in [-0.1, -0.05) is 46.4 Å². The van der Waals surface area contributed by atoms with Gasteiger partial charge >= 0.3 is 0 Å². The van der Waals surface area contributed by atoms with Crippen molar-refractivity contribution >= 4 is 69.6 Å². The van der Waals surface area contributed by atoms with Crippen LogP contribution in [0.4, 0.5) is 0 Å². The van der Waals surface area contributed by atoms with Gasteiger partial charge in [0.2, 0.25) is 0 Å². The molecule has 0 saturated heterocycles. The smallest absolute Gasteiger partial charge is 0.166 e. The number of aliphatic hydroxyl groups is 1. The third-order valence-electron chi connectivity index (χ3n) is 5.63. The normalized spacial score (nSPS) is 61.1. The van der Waals surface area contributed by atoms with Crippen LogP contribution in [-0.4, -0.2) is 25.3 Å². The number of halogens is 6. The summed E-state index contributed by atoms with van der Waals surface area (Å²) in [5.41, 5.74) is 0. The Morgan fingerprint density at radius 3 is 2.00 bits per heavy atom. The van der Waals surface area contributed by atoms with Gasteiger partial charge in [0.1, 0.15) is 9.75 Å². The first kappa shape index (κ1) is 14.1. The van der Waals surface area contributed by atoms with E-state index in [1.54, 1.807) is 0 Å². The Labute approximate surface area is 141 Å². The Kier molecular flexibility index (Phi) is 2.72. The highest BCUT2D eigenvalue weighted by molar-refractivity contribution is 6.65. The van der Waals surface area contributed by atoms with E-state index in [1.165, 1.54) is 0 Å². The average molecular weight is 383 g/mol. The Morgan fingerprint density at radius 2 is 1.42 bits per heavy atom. The first-order chi connectivity index (χ1) is 8.69. The van der Waals surface area contributed by atoms with Gasteiger partial charge < -0.3 is 5.11 Å². The number of rotatable bonds is 0. The van der Waals surface area contributed by atoms with Crippen molar-refractivity contribution in [3.63, 3.8) is 0 Å². The van der Waals surface area contributed by atoms with E-state index in [9.17, 15) is 5.11 Å². The maximum atomic E-state index is 10.1. The van der Waals surface area contributed by atoms with Crippen LogP contribution < -0.4 is 0 Å². The number of hydrogen-bond donors (Lipinski definition) is 1. The van der Waals surface area contributed by atoms with Crippen molar-refractivity contribution in [2.24, 2.45) is 23.7 Å². The fourth-order valence-electron chi connectivity index (χ4n) is 5.01. The summed E-state index contributed by atoms with van der Waals surface area (Å²) in [7, 11) is 0. The van der Waals surface area contributed by atoms with Gasteiger partial charge in [-0.05, 0) is 36.5 Å². The Bertz CT molecular complexity index is 518. The van der Waals surface area contributed by atoms with Crippen molar-refractivity contribution in [3.8, 4) is 0 Å². The molecule has 3 fully saturated rings. The number of fused-ring (bicyclic) bond motifs is 9. The van der Waals surface area contributed by atoms with E-state index >= 15 is 0 Å². The van der Waals surface area contributed by atoms with E-state index in [0.717, 1.165) is 6.42 Å². The maximum Gasteiger partial charge on any atom is 0.166 e. The van der Waals surface area contributed by atoms with Crippen LogP contribution in [0.1, 0.15) is 12.8 Å². The number of hydrogen-bond acceptors (Lipinski definition) is 1. The molecule has 0 radical (unpaired) electrons. The second-order valence-corrected chi connectivity index (χ2v) is 9.42. The van der Waals surface area contributed by atoms with E-state index in [1.807, 2.05) is 0 Å². The fraction of sp³-hybridized carbons (Fsp3) is 0.833. The van der Waals surface area contributed by atoms with Gasteiger partial charge in [0, 0.05) is 0 Å². The summed E-state index contributed by atoms with van der Waals surface area (Å²) >= 11 is 39.2. The molecule has 7 heteroatoms. The summed E-state index contributed by atoms with van der Waals surface area (Å²) in [5.74, 6) is 0.150. The lowest BCUT2D eigenvalue weighted by Gasteiger charge is -2.41. The summed E-state index contributed by atoms with van der Waals surface area (Å²) < 4.78 is -1.45. The quantitative estimate of drug-likeness (QED) is 0.484. The molecule has 0 aliphatic heterocycles. The van der Waals surface area contributed by atoms with Crippen molar-refractivity contribution in [2.45, 2.75) is 33.0 Å². The molecule has 3 saturated carbocycles. The number of aliphatic hydroxyl groups excluding tert-OH is 1. The van der Waals surface area contributed by atoms with E-state index in [4.69, 9.17) is 69.6 Å². The van der Waals surface area contributed by atoms with Gasteiger partial charge in [-0.2, -0.15) is 0 Å². The van der Waals surface area contributed by atoms with Crippen molar-refractivity contribution in [2.75, 3.05) is 0 Å². The molecular weight excluding hydrogens is 373 g/mol. The predicted octanol–water partition coefficient (Wildman–Crippen LogP) is 4.47. The molecule has 1 N–H and O–H groups in total. The van der Waals surface area contributed by atoms with Gasteiger partial charge in [0.15, 0.2) is 4.33 Å². The van der Waals surface area contributed by atoms with E-state index in [-0.39, 0.29) is 39.8 Å². The summed E-state index contributed by atoms with van der Waals surface area (Å²) in [6, 6.07) is 0. The van der Waals surface area contributed by atoms with Gasteiger partial charge in [-0.25, -0.2) is 0 Å². The van der Waals surface area contributed by atoms with Crippen LogP contribution in [0.25, 0.3) is 0 Å². The molecule has 0 aromatic heterocycles. The summed E-state index contributed by atoms with van der Waals surface area (Å²) in [6.07, 6.45) is 1.21. The second-order valence-electron chi connectivity index (χ2n) is 6.14. The third kappa shape index (κ3) is 1.16. The average Bonchev–Trinajstić information content (AvgIpc) is 2.95. The highest BCUT2D eigenvalue weighted by Gasteiger charge is 2.86. The zero-order valence-electron chi connectivity index (χ0n) is 9.52. The van der Waals surface area contributed by atoms with Crippen molar-refractivity contribution in [3.05, 3.63) is 10.1 Å². The zero-order chi connectivity index (χ0) is 14.0. The molecule has 4 bridgehead atoms. The molecule has 0 heterocycles. The van der Waals surface area contributed by atoms with Crippen molar-refractivity contribution in [1.29, 1.82) is 0 Å². The van der Waals surface area contributed by atoms with Crippen molar-refractivity contribution < 1.29 is 5.11 Å². The fourth-order valence-corrected chi connectivity index (χ4v) is 8.16. The van der Waals surface area contributed by atoms with E-state index in [0.29, 0.717) is 6.42 Å². The molecule has 4 aliphatic carbocycles. The van der Waals surface area contributed by atoms with Crippen molar-refractivity contribution in [1.82, 2.24) is 0 Å². The van der Waals surface area contributed by atoms with Crippen LogP contribution in [0, 0.1) is 23.7 Å². The standard InChI is InChI=1S/C12H10Cl6O/c13-8-9(14)11(16)7-4-1-3(2-5(4)19)6(7)10(8,15)12(11,17)18/h3-7,19H,1-2H2. The molecule has 0 aromatic carbocycles. The maximum absolute atomic E-state index is 10.1. The molecule has 0 spiro atoms. The van der Waals surface area contributed by atoms with Crippen LogP contribution in [0.2, 0.25) is 0 Å². The first-order valence-corrected chi connectivity index (χ1v) is 8.45. The first-order valence-electron chi connectivity index (χ1n) is 6.19. The minimum absolute atomic E-state index is 0.0231. The minimum Gasteiger partial charge on any atom is -0.393 e. The third-order valence-corrected chi connectivity index (χ3v) is 9.93. The van der Waals surface area contributed by atoms with Gasteiger partial charge in [-0.3, -0.25) is 0 Å². The summed E-state index contributed by atoms with van der Waals surface area (Å²) in [4.78, 5) is -2.33. The van der Waals surface area contributed by atoms with Gasteiger partial charge in [-0.15, -0.1) is 23.2 Å². The molecule has 7 unspecified atom stereocenters. The number of allylic oxidation sites excluding steroid dienone is 2. The molecule has 4 rings (SSSR count). The molecule has 0 aromatic rings. The number of alkyl halides is 4. The Hall–Kier alpha value is 1.44. The predicted molar refractivity (Wildman–Crippen MR) is 79.5 cm³/mol. The monoisotopic (exact) mass is 380 g/mol. The topological polar surface area (TPSA) is 20.2 Å². The minimum atomic E-state index is -1.45. The van der Waals surface area contributed by atoms with Gasteiger partial charge in [0.25, 0.3) is 0 Å². The molecule has 19 heavy (non-hydrogen) atoms. The van der Waals surface area contributed by atoms with E-state index in [2.05, 4.69) is 0 Å². The molecule has 106 valence electrons. The SMILES string of the molecule is OC1CC2CC1C1C2C2(Cl)C(Cl)=C(Cl)C1(Cl)C2(Cl)Cl. The Balaban J connectivity index is 1.99. The molecule has 1 nitrogen and oxygen atoms in total. The lowest BCUT2D eigenvalue weighted by molar-refractivity contribution is 0.0530. The second kappa shape index (κ2) is 3.67. The molecular formula is C12H10Cl6O. The van der Waals surface area contributed by atoms with Gasteiger partial charge in [0.05, 0.1) is 16.2 Å². The zero-order valence-corrected chi connectivity index (χ0v) is 14.1. The lowest BCUT2D eigenvalue weighted by atomic mass is 9.71. The summed E-state index contributed by atoms with van der Waals surface area (Å²) in [6.45, 7) is 0. The molecule has 0 amide bonds. The van der Waals surface area contributed by atoms with Crippen LogP contribution in [-0.2, 0) is 0 Å². The largest absolute Gasteiger partial charge is 0.393 e. The van der Waals surface area contributed by atoms with Crippen LogP contribution >= 0.6 is 69.6 Å². The summed E-state index contributed by atoms with van der Waals surface area (Å²) in [5, 5.41) is 10.7. The highest BCUT2D eigenvalue weighted by atomic mass is 35.5. The molecule has 4 aliphatic rings. The molecule has 7 atom stereocenters. The highest BCUT2D eigenvalue weighted by Crippen LogP contribution is 2.82. The van der Waals surface area contributed by atoms with Crippen LogP contribution in [0.3, 0.4) is 0 Å². The lowest BCUT2D eigenvalue weighted by Crippen LogP contribution is -2.46. The van der Waals surface area contributed by atoms with Crippen LogP contribution in [0.15, 0.2) is 10.1 Å². The Morgan fingerprint density at radius 1 is 0.895 bits per heavy atom.